The third-order valence-corrected chi connectivity index (χ3v) is 10.2. The van der Waals surface area contributed by atoms with Crippen LogP contribution in [0, 0.1) is 28.1 Å². The fourth-order valence-electron chi connectivity index (χ4n) is 6.41. The van der Waals surface area contributed by atoms with E-state index in [2.05, 4.69) is 80.4 Å². The summed E-state index contributed by atoms with van der Waals surface area (Å²) in [6, 6.07) is -0.378. The van der Waals surface area contributed by atoms with Gasteiger partial charge < -0.3 is 18.9 Å². The summed E-state index contributed by atoms with van der Waals surface area (Å²) in [7, 11) is -0.779. The van der Waals surface area contributed by atoms with E-state index in [9.17, 15) is 14.4 Å². The topological polar surface area (TPSA) is 94.2 Å². The summed E-state index contributed by atoms with van der Waals surface area (Å²) in [6.07, 6.45) is 4.00. The fraction of sp³-hybridized carbons (Fsp3) is 0.774. The van der Waals surface area contributed by atoms with Crippen LogP contribution in [0.5, 0.6) is 0 Å². The number of carbonyl (C=O) groups excluding carboxylic acids is 3. The monoisotopic (exact) mass is 608 g/mol. The summed E-state index contributed by atoms with van der Waals surface area (Å²) >= 11 is 0. The lowest BCUT2D eigenvalue weighted by Gasteiger charge is -2.47. The maximum atomic E-state index is 13.8. The minimum Gasteiger partial charge on any atom is -0.445 e. The number of nitrogens with zero attached hydrogens (tertiary/aromatic N) is 1. The van der Waals surface area contributed by atoms with E-state index >= 15 is 0 Å². The molecule has 2 heterocycles. The smallest absolute Gasteiger partial charge is 0.411 e. The highest BCUT2D eigenvalue weighted by atomic mass is 28.3. The van der Waals surface area contributed by atoms with Crippen LogP contribution < -0.4 is 5.32 Å². The number of ether oxygens (including phenoxy) is 1. The Hall–Kier alpha value is -1.76. The molecule has 0 aliphatic carbocycles. The Labute approximate surface area is 253 Å². The normalized spacial score (nSPS) is 27.4. The van der Waals surface area contributed by atoms with E-state index in [1.54, 1.807) is 6.08 Å². The van der Waals surface area contributed by atoms with Crippen molar-refractivity contribution in [3.8, 4) is 0 Å². The molecule has 1 N–H and O–H groups in total. The average Bonchev–Trinajstić information content (AvgIpc) is 3.05. The van der Waals surface area contributed by atoms with Gasteiger partial charge in [0, 0.05) is 25.1 Å². The molecule has 0 saturated carbocycles. The van der Waals surface area contributed by atoms with E-state index in [0.29, 0.717) is 22.7 Å². The van der Waals surface area contributed by atoms with Crippen LogP contribution in [-0.2, 0) is 23.2 Å². The maximum Gasteiger partial charge on any atom is 0.411 e. The van der Waals surface area contributed by atoms with Gasteiger partial charge in [-0.3, -0.25) is 14.5 Å². The molecule has 0 radical (unpaired) electrons. The molecule has 2 amide bonds. The minimum atomic E-state index is -1.26. The summed E-state index contributed by atoms with van der Waals surface area (Å²) in [4.78, 5) is 42.0. The fourth-order valence-corrected chi connectivity index (χ4v) is 7.45. The van der Waals surface area contributed by atoms with Crippen molar-refractivity contribution in [3.63, 3.8) is 0 Å². The number of carbonyl (C=O) groups is 3. The summed E-state index contributed by atoms with van der Waals surface area (Å²) in [5, 5.41) is 3.00. The van der Waals surface area contributed by atoms with Crippen molar-refractivity contribution in [3.05, 3.63) is 24.3 Å². The Balaban J connectivity index is 2.46. The van der Waals surface area contributed by atoms with Crippen LogP contribution in [0.2, 0.25) is 13.1 Å². The quantitative estimate of drug-likeness (QED) is 0.155. The predicted molar refractivity (Wildman–Crippen MR) is 170 cm³/mol. The van der Waals surface area contributed by atoms with Gasteiger partial charge in [0.2, 0.25) is 5.91 Å². The van der Waals surface area contributed by atoms with Crippen LogP contribution in [0.4, 0.5) is 4.79 Å². The number of likely N-dealkylation sites (tertiary alicyclic amines) is 1. The van der Waals surface area contributed by atoms with E-state index in [-0.39, 0.29) is 66.1 Å². The number of ketones is 1. The zero-order chi connectivity index (χ0) is 31.6. The second kappa shape index (κ2) is 13.3. The minimum absolute atomic E-state index is 0.00876. The number of β-lactam (4-membered cyclic amide) rings is 1. The molecule has 10 heteroatoms. The Morgan fingerprint density at radius 3 is 2.29 bits per heavy atom. The summed E-state index contributed by atoms with van der Waals surface area (Å²) in [6.45, 7) is 27.7. The largest absolute Gasteiger partial charge is 0.445 e. The molecule has 2 fully saturated rings. The van der Waals surface area contributed by atoms with E-state index in [1.165, 1.54) is 0 Å². The van der Waals surface area contributed by atoms with Crippen LogP contribution in [-0.4, -0.2) is 79.7 Å². The Morgan fingerprint density at radius 2 is 1.83 bits per heavy atom. The van der Waals surface area contributed by atoms with Crippen molar-refractivity contribution < 1.29 is 28.0 Å². The standard InChI is InChI=1S/C31H56N2O6Si2/c1-13-14-37-27(36)33-24(29(6,7)8)17-30(9,10)31(33,19-38-40)16-20(2)23(34)15-22-25(26(35)32-22)21(28(3,4)5)18-39-41(11)12/h13,16,21-22,24-25,41H,1,14-15,17-19H2,2-12,40H3,(H,32,35)/t21-,22-,24?,25+,31?/m1/s1. The van der Waals surface area contributed by atoms with Gasteiger partial charge in [-0.05, 0) is 60.3 Å². The van der Waals surface area contributed by atoms with Crippen molar-refractivity contribution in [2.24, 2.45) is 28.1 Å². The van der Waals surface area contributed by atoms with Crippen LogP contribution in [0.1, 0.15) is 75.2 Å². The second-order valence-electron chi connectivity index (χ2n) is 15.0. The first-order chi connectivity index (χ1) is 18.7. The number of hydrogen-bond donors (Lipinski definition) is 1. The highest BCUT2D eigenvalue weighted by Gasteiger charge is 2.62. The molecule has 2 unspecified atom stereocenters. The van der Waals surface area contributed by atoms with Crippen LogP contribution >= 0.6 is 0 Å². The molecule has 0 aromatic carbocycles. The van der Waals surface area contributed by atoms with Gasteiger partial charge in [0.1, 0.15) is 17.1 Å². The average molecular weight is 609 g/mol. The van der Waals surface area contributed by atoms with Crippen LogP contribution in [0.3, 0.4) is 0 Å². The molecule has 0 spiro atoms. The lowest BCUT2D eigenvalue weighted by atomic mass is 9.66. The summed E-state index contributed by atoms with van der Waals surface area (Å²) < 4.78 is 17.6. The lowest BCUT2D eigenvalue weighted by Crippen LogP contribution is -2.64. The molecule has 8 nitrogen and oxygen atoms in total. The Kier molecular flexibility index (Phi) is 11.5. The Bertz CT molecular complexity index is 1010. The molecular weight excluding hydrogens is 553 g/mol. The number of allylic oxidation sites excluding steroid dienone is 1. The van der Waals surface area contributed by atoms with Crippen molar-refractivity contribution in [1.29, 1.82) is 0 Å². The number of hydrogen-bond acceptors (Lipinski definition) is 6. The zero-order valence-corrected chi connectivity index (χ0v) is 30.8. The third-order valence-electron chi connectivity index (χ3n) is 9.02. The van der Waals surface area contributed by atoms with Gasteiger partial charge in [0.05, 0.1) is 18.1 Å². The van der Waals surface area contributed by atoms with Gasteiger partial charge in [0.15, 0.2) is 14.8 Å². The van der Waals surface area contributed by atoms with Gasteiger partial charge in [-0.15, -0.1) is 0 Å². The molecular formula is C31H56N2O6Si2. The molecule has 234 valence electrons. The first-order valence-corrected chi connectivity index (χ1v) is 18.5. The summed E-state index contributed by atoms with van der Waals surface area (Å²) in [5.74, 6) is -0.333. The number of amides is 2. The van der Waals surface area contributed by atoms with Crippen molar-refractivity contribution in [2.45, 2.75) is 106 Å². The first-order valence-electron chi connectivity index (χ1n) is 14.9. The van der Waals surface area contributed by atoms with E-state index in [4.69, 9.17) is 13.6 Å². The van der Waals surface area contributed by atoms with Crippen molar-refractivity contribution in [2.75, 3.05) is 19.8 Å². The number of Topliss-reactive ketones (excluding diaryl/α,β-unsaturated/α-hetero) is 1. The van der Waals surface area contributed by atoms with Gasteiger partial charge in [-0.25, -0.2) is 4.79 Å². The van der Waals surface area contributed by atoms with E-state index < -0.39 is 26.1 Å². The highest BCUT2D eigenvalue weighted by Crippen LogP contribution is 2.54. The van der Waals surface area contributed by atoms with Gasteiger partial charge in [-0.1, -0.05) is 68.0 Å². The van der Waals surface area contributed by atoms with Gasteiger partial charge >= 0.3 is 6.09 Å². The number of rotatable bonds is 12. The van der Waals surface area contributed by atoms with Crippen LogP contribution in [0.15, 0.2) is 24.3 Å². The van der Waals surface area contributed by atoms with Crippen LogP contribution in [0.25, 0.3) is 0 Å². The SMILES string of the molecule is C=CCOC(=O)N1C(C(C)(C)C)CC(C)(C)C1(C=C(C)C(=O)C[C@H]1NC(=O)[C@H]1[C@@H](CO[SiH](C)C)C(C)(C)C)CO[SiH3]. The van der Waals surface area contributed by atoms with Crippen molar-refractivity contribution >= 4 is 37.3 Å². The molecule has 2 rings (SSSR count). The highest BCUT2D eigenvalue weighted by molar-refractivity contribution is 6.48. The lowest BCUT2D eigenvalue weighted by molar-refractivity contribution is -0.143. The molecule has 0 aromatic rings. The molecule has 0 bridgehead atoms. The molecule has 5 atom stereocenters. The molecule has 2 saturated heterocycles. The maximum absolute atomic E-state index is 13.8. The zero-order valence-electron chi connectivity index (χ0n) is 27.7. The van der Waals surface area contributed by atoms with Crippen molar-refractivity contribution in [1.82, 2.24) is 10.2 Å². The molecule has 0 aromatic heterocycles. The van der Waals surface area contributed by atoms with E-state index in [1.807, 2.05) is 17.9 Å². The summed E-state index contributed by atoms with van der Waals surface area (Å²) in [5.41, 5.74) is -1.09. The first kappa shape index (κ1) is 35.4. The van der Waals surface area contributed by atoms with E-state index in [0.717, 1.165) is 6.42 Å². The number of nitrogens with one attached hydrogen (secondary N) is 1. The molecule has 2 aliphatic rings. The predicted octanol–water partition coefficient (Wildman–Crippen LogP) is 4.17. The van der Waals surface area contributed by atoms with Gasteiger partial charge in [0.25, 0.3) is 0 Å². The second-order valence-corrected chi connectivity index (χ2v) is 18.0. The Morgan fingerprint density at radius 1 is 1.22 bits per heavy atom. The molecule has 2 aliphatic heterocycles. The van der Waals surface area contributed by atoms with Gasteiger partial charge in [-0.2, -0.15) is 0 Å². The molecule has 41 heavy (non-hydrogen) atoms. The third kappa shape index (κ3) is 7.80.